The van der Waals surface area contributed by atoms with Crippen LogP contribution < -0.4 is 5.32 Å². The summed E-state index contributed by atoms with van der Waals surface area (Å²) < 4.78 is 1.07. The monoisotopic (exact) mass is 307 g/mol. The molecule has 1 aliphatic carbocycles. The third-order valence-corrected chi connectivity index (χ3v) is 5.84. The van der Waals surface area contributed by atoms with Gasteiger partial charge in [0, 0.05) is 16.1 Å². The van der Waals surface area contributed by atoms with Crippen molar-refractivity contribution < 1.29 is 4.79 Å². The van der Waals surface area contributed by atoms with Gasteiger partial charge in [0.05, 0.1) is 5.02 Å². The minimum atomic E-state index is -0.0186. The van der Waals surface area contributed by atoms with Gasteiger partial charge in [-0.25, -0.2) is 0 Å². The number of fused-ring (bicyclic) bond motifs is 1. The predicted molar refractivity (Wildman–Crippen MR) is 85.7 cm³/mol. The van der Waals surface area contributed by atoms with Gasteiger partial charge < -0.3 is 5.32 Å². The van der Waals surface area contributed by atoms with E-state index < -0.39 is 0 Å². The van der Waals surface area contributed by atoms with Crippen LogP contribution in [0.2, 0.25) is 5.02 Å². The zero-order chi connectivity index (χ0) is 14.1. The van der Waals surface area contributed by atoms with Crippen LogP contribution in [0.15, 0.2) is 24.3 Å². The van der Waals surface area contributed by atoms with Crippen LogP contribution in [0, 0.1) is 5.92 Å². The van der Waals surface area contributed by atoms with Crippen LogP contribution in [-0.4, -0.2) is 11.9 Å². The number of benzene rings is 1. The molecule has 1 fully saturated rings. The molecule has 2 nitrogen and oxygen atoms in total. The lowest BCUT2D eigenvalue weighted by Crippen LogP contribution is -2.40. The molecular formula is C16H18ClNOS. The number of rotatable bonds is 2. The van der Waals surface area contributed by atoms with Gasteiger partial charge in [0.2, 0.25) is 0 Å². The second-order valence-corrected chi connectivity index (χ2v) is 7.01. The van der Waals surface area contributed by atoms with Gasteiger partial charge in [-0.2, -0.15) is 0 Å². The van der Waals surface area contributed by atoms with E-state index in [2.05, 4.69) is 12.2 Å². The number of amides is 1. The molecule has 2 atom stereocenters. The first-order valence-electron chi connectivity index (χ1n) is 7.14. The largest absolute Gasteiger partial charge is 0.348 e. The first-order valence-corrected chi connectivity index (χ1v) is 8.34. The lowest BCUT2D eigenvalue weighted by atomic mass is 9.86. The summed E-state index contributed by atoms with van der Waals surface area (Å²) in [4.78, 5) is 13.1. The number of carbonyl (C=O) groups excluding carboxylic acids is 1. The summed E-state index contributed by atoms with van der Waals surface area (Å²) in [6, 6.07) is 8.18. The van der Waals surface area contributed by atoms with Gasteiger partial charge in [0.1, 0.15) is 4.88 Å². The Labute approximate surface area is 128 Å². The lowest BCUT2D eigenvalue weighted by molar-refractivity contribution is 0.0914. The highest BCUT2D eigenvalue weighted by Crippen LogP contribution is 2.35. The average molecular weight is 308 g/mol. The molecule has 4 heteroatoms. The highest BCUT2D eigenvalue weighted by molar-refractivity contribution is 7.21. The molecule has 3 rings (SSSR count). The van der Waals surface area contributed by atoms with Crippen molar-refractivity contribution in [1.29, 1.82) is 0 Å². The van der Waals surface area contributed by atoms with Crippen molar-refractivity contribution in [3.63, 3.8) is 0 Å². The summed E-state index contributed by atoms with van der Waals surface area (Å²) in [5.41, 5.74) is 0. The molecule has 0 radical (unpaired) electrons. The van der Waals surface area contributed by atoms with Gasteiger partial charge in [-0.05, 0) is 24.8 Å². The Bertz CT molecular complexity index is 636. The maximum atomic E-state index is 12.5. The average Bonchev–Trinajstić information content (AvgIpc) is 2.79. The van der Waals surface area contributed by atoms with Crippen molar-refractivity contribution in [2.45, 2.75) is 38.6 Å². The maximum absolute atomic E-state index is 12.5. The number of hydrogen-bond donors (Lipinski definition) is 1. The molecule has 2 aromatic rings. The van der Waals surface area contributed by atoms with Crippen molar-refractivity contribution in [3.8, 4) is 0 Å². The number of hydrogen-bond acceptors (Lipinski definition) is 2. The fraction of sp³-hybridized carbons (Fsp3) is 0.438. The maximum Gasteiger partial charge on any atom is 0.263 e. The lowest BCUT2D eigenvalue weighted by Gasteiger charge is -2.29. The van der Waals surface area contributed by atoms with E-state index in [1.807, 2.05) is 24.3 Å². The van der Waals surface area contributed by atoms with Crippen LogP contribution in [0.4, 0.5) is 0 Å². The third kappa shape index (κ3) is 2.57. The van der Waals surface area contributed by atoms with E-state index in [4.69, 9.17) is 11.6 Å². The minimum absolute atomic E-state index is 0.0186. The molecule has 20 heavy (non-hydrogen) atoms. The van der Waals surface area contributed by atoms with Crippen molar-refractivity contribution in [2.75, 3.05) is 0 Å². The smallest absolute Gasteiger partial charge is 0.263 e. The SMILES string of the molecule is CC1CCCCC1NC(=O)c1sc2ccccc2c1Cl. The summed E-state index contributed by atoms with van der Waals surface area (Å²) >= 11 is 7.83. The van der Waals surface area contributed by atoms with Gasteiger partial charge in [0.25, 0.3) is 5.91 Å². The van der Waals surface area contributed by atoms with E-state index in [-0.39, 0.29) is 11.9 Å². The number of halogens is 1. The quantitative estimate of drug-likeness (QED) is 0.843. The summed E-state index contributed by atoms with van der Waals surface area (Å²) in [5, 5.41) is 4.74. The fourth-order valence-corrected chi connectivity index (χ4v) is 4.34. The van der Waals surface area contributed by atoms with E-state index >= 15 is 0 Å². The van der Waals surface area contributed by atoms with Crippen LogP contribution in [-0.2, 0) is 0 Å². The molecule has 106 valence electrons. The normalized spacial score (nSPS) is 22.9. The van der Waals surface area contributed by atoms with Crippen LogP contribution in [0.5, 0.6) is 0 Å². The molecule has 1 saturated carbocycles. The molecule has 0 saturated heterocycles. The van der Waals surface area contributed by atoms with E-state index in [0.717, 1.165) is 16.5 Å². The van der Waals surface area contributed by atoms with Crippen molar-refractivity contribution in [2.24, 2.45) is 5.92 Å². The Kier molecular flexibility index (Phi) is 3.99. The predicted octanol–water partition coefficient (Wildman–Crippen LogP) is 4.86. The Morgan fingerprint density at radius 2 is 2.05 bits per heavy atom. The highest BCUT2D eigenvalue weighted by Gasteiger charge is 2.25. The van der Waals surface area contributed by atoms with Gasteiger partial charge in [-0.3, -0.25) is 4.79 Å². The van der Waals surface area contributed by atoms with E-state index in [0.29, 0.717) is 15.8 Å². The zero-order valence-corrected chi connectivity index (χ0v) is 13.1. The molecule has 2 unspecified atom stereocenters. The van der Waals surface area contributed by atoms with Gasteiger partial charge in [-0.15, -0.1) is 11.3 Å². The Morgan fingerprint density at radius 1 is 1.30 bits per heavy atom. The molecule has 1 heterocycles. The molecule has 1 aromatic carbocycles. The van der Waals surface area contributed by atoms with E-state index in [1.54, 1.807) is 0 Å². The zero-order valence-electron chi connectivity index (χ0n) is 11.5. The molecule has 0 bridgehead atoms. The van der Waals surface area contributed by atoms with Gasteiger partial charge >= 0.3 is 0 Å². The fourth-order valence-electron chi connectivity index (χ4n) is 2.92. The molecule has 0 aliphatic heterocycles. The molecular weight excluding hydrogens is 290 g/mol. The van der Waals surface area contributed by atoms with Crippen LogP contribution >= 0.6 is 22.9 Å². The van der Waals surface area contributed by atoms with Crippen molar-refractivity contribution in [3.05, 3.63) is 34.2 Å². The summed E-state index contributed by atoms with van der Waals surface area (Å²) in [6.07, 6.45) is 4.76. The number of carbonyl (C=O) groups is 1. The first kappa shape index (κ1) is 13.9. The number of thiophene rings is 1. The molecule has 1 aliphatic rings. The molecule has 1 aromatic heterocycles. The molecule has 0 spiro atoms. The third-order valence-electron chi connectivity index (χ3n) is 4.17. The number of nitrogens with one attached hydrogen (secondary N) is 1. The highest BCUT2D eigenvalue weighted by atomic mass is 35.5. The standard InChI is InChI=1S/C16H18ClNOS/c1-10-6-2-4-8-12(10)18-16(19)15-14(17)11-7-3-5-9-13(11)20-15/h3,5,7,9-10,12H,2,4,6,8H2,1H3,(H,18,19). The summed E-state index contributed by atoms with van der Waals surface area (Å²) in [6.45, 7) is 2.22. The Balaban J connectivity index is 1.83. The molecule has 1 N–H and O–H groups in total. The van der Waals surface area contributed by atoms with Gasteiger partial charge in [-0.1, -0.05) is 49.6 Å². The molecule has 1 amide bonds. The van der Waals surface area contributed by atoms with Crippen LogP contribution in [0.3, 0.4) is 0 Å². The van der Waals surface area contributed by atoms with E-state index in [9.17, 15) is 4.79 Å². The van der Waals surface area contributed by atoms with Gasteiger partial charge in [0.15, 0.2) is 0 Å². The topological polar surface area (TPSA) is 29.1 Å². The Hall–Kier alpha value is -1.06. The second-order valence-electron chi connectivity index (χ2n) is 5.58. The summed E-state index contributed by atoms with van der Waals surface area (Å²) in [5.74, 6) is 0.538. The van der Waals surface area contributed by atoms with E-state index in [1.165, 1.54) is 30.6 Å². The Morgan fingerprint density at radius 3 is 2.80 bits per heavy atom. The first-order chi connectivity index (χ1) is 9.66. The van der Waals surface area contributed by atoms with Crippen LogP contribution in [0.25, 0.3) is 10.1 Å². The van der Waals surface area contributed by atoms with Crippen molar-refractivity contribution >= 4 is 38.9 Å². The summed E-state index contributed by atoms with van der Waals surface area (Å²) in [7, 11) is 0. The van der Waals surface area contributed by atoms with Crippen molar-refractivity contribution in [1.82, 2.24) is 5.32 Å². The minimum Gasteiger partial charge on any atom is -0.348 e. The second kappa shape index (κ2) is 5.74. The van der Waals surface area contributed by atoms with Crippen LogP contribution in [0.1, 0.15) is 42.3 Å².